The molecule has 0 spiro atoms. The van der Waals surface area contributed by atoms with Crippen LogP contribution in [0.2, 0.25) is 0 Å². The van der Waals surface area contributed by atoms with Gasteiger partial charge in [0.15, 0.2) is 11.5 Å². The van der Waals surface area contributed by atoms with Crippen molar-refractivity contribution in [2.24, 2.45) is 0 Å². The zero-order valence-electron chi connectivity index (χ0n) is 15.2. The number of phenols is 1. The Bertz CT molecular complexity index is 837. The van der Waals surface area contributed by atoms with E-state index in [4.69, 9.17) is 4.74 Å². The van der Waals surface area contributed by atoms with Crippen molar-refractivity contribution in [1.29, 1.82) is 0 Å². The molecule has 2 aromatic carbocycles. The van der Waals surface area contributed by atoms with Crippen LogP contribution in [0.1, 0.15) is 38.8 Å². The maximum Gasteiger partial charge on any atom is 0.165 e. The van der Waals surface area contributed by atoms with E-state index < -0.39 is 0 Å². The lowest BCUT2D eigenvalue weighted by atomic mass is 9.85. The Morgan fingerprint density at radius 3 is 2.56 bits per heavy atom. The van der Waals surface area contributed by atoms with Crippen molar-refractivity contribution >= 4 is 11.3 Å². The summed E-state index contributed by atoms with van der Waals surface area (Å²) in [6, 6.07) is 9.39. The number of allylic oxidation sites excluding steroid dienone is 1. The van der Waals surface area contributed by atoms with E-state index in [0.717, 1.165) is 28.0 Å². The number of fused-ring (bicyclic) bond motifs is 1. The van der Waals surface area contributed by atoms with E-state index in [0.29, 0.717) is 17.9 Å². The molecule has 0 aromatic heterocycles. The molecule has 0 bridgehead atoms. The van der Waals surface area contributed by atoms with Crippen molar-refractivity contribution in [3.8, 4) is 22.6 Å². The molecule has 0 amide bonds. The van der Waals surface area contributed by atoms with Crippen LogP contribution in [-0.4, -0.2) is 22.4 Å². The number of benzene rings is 2. The van der Waals surface area contributed by atoms with Gasteiger partial charge in [0.2, 0.25) is 0 Å². The van der Waals surface area contributed by atoms with Crippen molar-refractivity contribution in [3.63, 3.8) is 0 Å². The molecule has 0 aliphatic carbocycles. The zero-order chi connectivity index (χ0) is 18.2. The molecule has 3 N–H and O–H groups in total. The third kappa shape index (κ3) is 3.10. The van der Waals surface area contributed by atoms with Gasteiger partial charge in [-0.25, -0.2) is 0 Å². The summed E-state index contributed by atoms with van der Waals surface area (Å²) in [6.07, 6.45) is 2.16. The number of phenolic OH excluding ortho intramolecular Hbond substituents is 1. The Balaban J connectivity index is 2.21. The van der Waals surface area contributed by atoms with Crippen molar-refractivity contribution in [3.05, 3.63) is 47.5 Å². The van der Waals surface area contributed by atoms with Gasteiger partial charge in [-0.05, 0) is 56.5 Å². The molecule has 0 unspecified atom stereocenters. The van der Waals surface area contributed by atoms with Crippen molar-refractivity contribution in [1.82, 2.24) is 0 Å². The second kappa shape index (κ2) is 6.45. The normalized spacial score (nSPS) is 15.2. The second-order valence-electron chi connectivity index (χ2n) is 6.93. The summed E-state index contributed by atoms with van der Waals surface area (Å²) in [5, 5.41) is 24.2. The standard InChI is InChI=1S/C21H25NO3/c1-5-25-18-8-6-7-15(20(18)24)14-9-10-17-19(16(14)12-23)13(2)11-21(3,4)22-17/h6-11,22-24H,5,12H2,1-4H3. The van der Waals surface area contributed by atoms with Gasteiger partial charge in [0.25, 0.3) is 0 Å². The van der Waals surface area contributed by atoms with Gasteiger partial charge in [-0.1, -0.05) is 24.3 Å². The van der Waals surface area contributed by atoms with Crippen LogP contribution in [0, 0.1) is 0 Å². The minimum atomic E-state index is -0.137. The van der Waals surface area contributed by atoms with Crippen LogP contribution in [0.3, 0.4) is 0 Å². The van der Waals surface area contributed by atoms with Gasteiger partial charge in [0, 0.05) is 16.8 Å². The van der Waals surface area contributed by atoms with E-state index in [1.165, 1.54) is 0 Å². The molecule has 0 fully saturated rings. The van der Waals surface area contributed by atoms with E-state index in [-0.39, 0.29) is 17.9 Å². The largest absolute Gasteiger partial charge is 0.504 e. The van der Waals surface area contributed by atoms with Crippen LogP contribution in [0.5, 0.6) is 11.5 Å². The predicted octanol–water partition coefficient (Wildman–Crippen LogP) is 4.56. The van der Waals surface area contributed by atoms with E-state index in [1.807, 2.05) is 31.2 Å². The highest BCUT2D eigenvalue weighted by molar-refractivity contribution is 5.88. The maximum absolute atomic E-state index is 10.6. The molecule has 132 valence electrons. The topological polar surface area (TPSA) is 61.7 Å². The number of hydrogen-bond acceptors (Lipinski definition) is 4. The van der Waals surface area contributed by atoms with Crippen LogP contribution in [0.4, 0.5) is 5.69 Å². The first kappa shape index (κ1) is 17.4. The highest BCUT2D eigenvalue weighted by Crippen LogP contribution is 2.44. The fourth-order valence-electron chi connectivity index (χ4n) is 3.63. The van der Waals surface area contributed by atoms with Gasteiger partial charge in [-0.15, -0.1) is 0 Å². The van der Waals surface area contributed by atoms with Crippen molar-refractivity contribution in [2.75, 3.05) is 11.9 Å². The fourth-order valence-corrected chi connectivity index (χ4v) is 3.63. The van der Waals surface area contributed by atoms with Gasteiger partial charge in [0.1, 0.15) is 0 Å². The Morgan fingerprint density at radius 2 is 1.88 bits per heavy atom. The first-order valence-electron chi connectivity index (χ1n) is 8.58. The highest BCUT2D eigenvalue weighted by Gasteiger charge is 2.26. The predicted molar refractivity (Wildman–Crippen MR) is 102 cm³/mol. The number of aliphatic hydroxyl groups is 1. The van der Waals surface area contributed by atoms with Crippen molar-refractivity contribution in [2.45, 2.75) is 39.8 Å². The van der Waals surface area contributed by atoms with Gasteiger partial charge in [0.05, 0.1) is 18.8 Å². The molecule has 0 atom stereocenters. The number of nitrogens with one attached hydrogen (secondary N) is 1. The molecule has 25 heavy (non-hydrogen) atoms. The molecule has 0 saturated carbocycles. The van der Waals surface area contributed by atoms with Gasteiger partial charge < -0.3 is 20.3 Å². The number of aliphatic hydroxyl groups excluding tert-OH is 1. The molecule has 4 heteroatoms. The monoisotopic (exact) mass is 339 g/mol. The SMILES string of the molecule is CCOc1cccc(-c2ccc3c(c2CO)C(C)=CC(C)(C)N3)c1O. The summed E-state index contributed by atoms with van der Waals surface area (Å²) in [4.78, 5) is 0. The number of hydrogen-bond donors (Lipinski definition) is 3. The fraction of sp³-hybridized carbons (Fsp3) is 0.333. The van der Waals surface area contributed by atoms with Crippen LogP contribution < -0.4 is 10.1 Å². The van der Waals surface area contributed by atoms with Crippen LogP contribution in [0.25, 0.3) is 16.7 Å². The average Bonchev–Trinajstić information content (AvgIpc) is 2.55. The van der Waals surface area contributed by atoms with E-state index in [2.05, 4.69) is 32.2 Å². The Labute approximate surface area is 148 Å². The molecule has 2 aromatic rings. The van der Waals surface area contributed by atoms with E-state index >= 15 is 0 Å². The minimum absolute atomic E-state index is 0.102. The van der Waals surface area contributed by atoms with Gasteiger partial charge in [-0.3, -0.25) is 0 Å². The first-order valence-corrected chi connectivity index (χ1v) is 8.58. The molecule has 0 radical (unpaired) electrons. The third-order valence-electron chi connectivity index (χ3n) is 4.49. The number of para-hydroxylation sites is 1. The Morgan fingerprint density at radius 1 is 1.12 bits per heavy atom. The summed E-state index contributed by atoms with van der Waals surface area (Å²) in [6.45, 7) is 8.54. The van der Waals surface area contributed by atoms with E-state index in [1.54, 1.807) is 6.07 Å². The maximum atomic E-state index is 10.6. The number of rotatable bonds is 4. The lowest BCUT2D eigenvalue weighted by Gasteiger charge is -2.33. The lowest BCUT2D eigenvalue weighted by molar-refractivity contribution is 0.282. The third-order valence-corrected chi connectivity index (χ3v) is 4.49. The van der Waals surface area contributed by atoms with E-state index in [9.17, 15) is 10.2 Å². The van der Waals surface area contributed by atoms with Crippen LogP contribution in [0.15, 0.2) is 36.4 Å². The number of anilines is 1. The lowest BCUT2D eigenvalue weighted by Crippen LogP contribution is -2.31. The van der Waals surface area contributed by atoms with Crippen LogP contribution >= 0.6 is 0 Å². The van der Waals surface area contributed by atoms with Crippen molar-refractivity contribution < 1.29 is 14.9 Å². The highest BCUT2D eigenvalue weighted by atomic mass is 16.5. The van der Waals surface area contributed by atoms with Gasteiger partial charge >= 0.3 is 0 Å². The average molecular weight is 339 g/mol. The smallest absolute Gasteiger partial charge is 0.165 e. The summed E-state index contributed by atoms with van der Waals surface area (Å²) in [7, 11) is 0. The number of aromatic hydroxyl groups is 1. The molecule has 4 nitrogen and oxygen atoms in total. The molecular formula is C21H25NO3. The van der Waals surface area contributed by atoms with Gasteiger partial charge in [-0.2, -0.15) is 0 Å². The number of ether oxygens (including phenoxy) is 1. The minimum Gasteiger partial charge on any atom is -0.504 e. The molecule has 1 aliphatic heterocycles. The molecule has 0 saturated heterocycles. The molecular weight excluding hydrogens is 314 g/mol. The van der Waals surface area contributed by atoms with Crippen LogP contribution in [-0.2, 0) is 6.61 Å². The molecule has 3 rings (SSSR count). The summed E-state index contributed by atoms with van der Waals surface area (Å²) < 4.78 is 5.50. The second-order valence-corrected chi connectivity index (χ2v) is 6.93. The Kier molecular flexibility index (Phi) is 4.48. The molecule has 1 aliphatic rings. The summed E-state index contributed by atoms with van der Waals surface area (Å²) >= 11 is 0. The summed E-state index contributed by atoms with van der Waals surface area (Å²) in [5.74, 6) is 0.554. The quantitative estimate of drug-likeness (QED) is 0.764. The summed E-state index contributed by atoms with van der Waals surface area (Å²) in [5.41, 5.74) is 5.26. The Hall–Kier alpha value is -2.46. The molecule has 1 heterocycles. The first-order chi connectivity index (χ1) is 11.9. The zero-order valence-corrected chi connectivity index (χ0v) is 15.2.